The van der Waals surface area contributed by atoms with Gasteiger partial charge in [-0.15, -0.1) is 0 Å². The predicted molar refractivity (Wildman–Crippen MR) is 88.7 cm³/mol. The van der Waals surface area contributed by atoms with Gasteiger partial charge in [0.05, 0.1) is 0 Å². The van der Waals surface area contributed by atoms with Crippen molar-refractivity contribution in [3.8, 4) is 0 Å². The first kappa shape index (κ1) is 15.0. The normalized spacial score (nSPS) is 12.2. The van der Waals surface area contributed by atoms with Crippen LogP contribution in [0.5, 0.6) is 0 Å². The fourth-order valence-electron chi connectivity index (χ4n) is 2.13. The van der Waals surface area contributed by atoms with Crippen molar-refractivity contribution in [1.82, 2.24) is 5.43 Å². The molecule has 0 bridgehead atoms. The molecule has 4 heteroatoms. The minimum atomic E-state index is 0.118. The Morgan fingerprint density at radius 3 is 2.15 bits per heavy atom. The average molecular weight is 334 g/mol. The largest absolute Gasteiger partial charge is 0.378 e. The number of benzene rings is 2. The van der Waals surface area contributed by atoms with Gasteiger partial charge in [-0.05, 0) is 41.8 Å². The van der Waals surface area contributed by atoms with Gasteiger partial charge in [-0.1, -0.05) is 40.2 Å². The Labute approximate surface area is 128 Å². The second kappa shape index (κ2) is 6.88. The van der Waals surface area contributed by atoms with E-state index in [1.807, 2.05) is 14.1 Å². The van der Waals surface area contributed by atoms with Gasteiger partial charge in [-0.25, -0.2) is 0 Å². The molecule has 0 spiro atoms. The van der Waals surface area contributed by atoms with Crippen LogP contribution >= 0.6 is 15.9 Å². The van der Waals surface area contributed by atoms with Crippen molar-refractivity contribution in [3.63, 3.8) is 0 Å². The number of rotatable bonds is 5. The average Bonchev–Trinajstić information content (AvgIpc) is 2.47. The quantitative estimate of drug-likeness (QED) is 0.651. The van der Waals surface area contributed by atoms with E-state index in [1.54, 1.807) is 0 Å². The van der Waals surface area contributed by atoms with Crippen LogP contribution in [0.3, 0.4) is 0 Å². The highest BCUT2D eigenvalue weighted by Crippen LogP contribution is 2.21. The number of nitrogens with one attached hydrogen (secondary N) is 1. The van der Waals surface area contributed by atoms with Gasteiger partial charge in [0.15, 0.2) is 0 Å². The summed E-state index contributed by atoms with van der Waals surface area (Å²) in [4.78, 5) is 2.09. The molecule has 106 valence electrons. The van der Waals surface area contributed by atoms with Crippen molar-refractivity contribution >= 4 is 21.6 Å². The van der Waals surface area contributed by atoms with Crippen LogP contribution in [0.15, 0.2) is 53.0 Å². The van der Waals surface area contributed by atoms with E-state index in [0.717, 1.165) is 10.9 Å². The van der Waals surface area contributed by atoms with Crippen molar-refractivity contribution in [3.05, 3.63) is 64.1 Å². The van der Waals surface area contributed by atoms with E-state index in [2.05, 4.69) is 74.8 Å². The minimum absolute atomic E-state index is 0.118. The summed E-state index contributed by atoms with van der Waals surface area (Å²) in [6, 6.07) is 16.9. The van der Waals surface area contributed by atoms with Crippen LogP contribution < -0.4 is 16.2 Å². The number of hydrogen-bond acceptors (Lipinski definition) is 3. The van der Waals surface area contributed by atoms with Crippen LogP contribution in [0.1, 0.15) is 17.2 Å². The summed E-state index contributed by atoms with van der Waals surface area (Å²) in [6.45, 7) is 0. The van der Waals surface area contributed by atoms with E-state index in [4.69, 9.17) is 5.84 Å². The van der Waals surface area contributed by atoms with Crippen molar-refractivity contribution in [2.24, 2.45) is 5.84 Å². The standard InChI is InChI=1S/C16H20BrN3/c1-20(2)15-9-5-13(6-10-15)16(19-18)11-12-3-7-14(17)8-4-12/h3-10,16,19H,11,18H2,1-2H3. The molecule has 0 saturated carbocycles. The summed E-state index contributed by atoms with van der Waals surface area (Å²) in [5.41, 5.74) is 6.55. The highest BCUT2D eigenvalue weighted by molar-refractivity contribution is 9.10. The molecule has 20 heavy (non-hydrogen) atoms. The summed E-state index contributed by atoms with van der Waals surface area (Å²) in [6.07, 6.45) is 0.866. The molecule has 0 fully saturated rings. The lowest BCUT2D eigenvalue weighted by Gasteiger charge is -2.18. The van der Waals surface area contributed by atoms with Gasteiger partial charge >= 0.3 is 0 Å². The molecule has 2 aromatic rings. The Hall–Kier alpha value is -1.36. The predicted octanol–water partition coefficient (Wildman–Crippen LogP) is 3.26. The fourth-order valence-corrected chi connectivity index (χ4v) is 2.40. The van der Waals surface area contributed by atoms with Crippen LogP contribution in [-0.2, 0) is 6.42 Å². The SMILES string of the molecule is CN(C)c1ccc(C(Cc2ccc(Br)cc2)NN)cc1. The van der Waals surface area contributed by atoms with Crippen LogP contribution in [0.25, 0.3) is 0 Å². The minimum Gasteiger partial charge on any atom is -0.378 e. The first-order valence-electron chi connectivity index (χ1n) is 6.58. The molecular formula is C16H20BrN3. The van der Waals surface area contributed by atoms with E-state index in [1.165, 1.54) is 16.8 Å². The smallest absolute Gasteiger partial charge is 0.0500 e. The number of nitrogens with two attached hydrogens (primary N) is 1. The summed E-state index contributed by atoms with van der Waals surface area (Å²) < 4.78 is 1.09. The second-order valence-corrected chi connectivity index (χ2v) is 5.95. The molecule has 1 unspecified atom stereocenters. The van der Waals surface area contributed by atoms with Gasteiger partial charge in [0.1, 0.15) is 0 Å². The van der Waals surface area contributed by atoms with Gasteiger partial charge < -0.3 is 4.90 Å². The Morgan fingerprint density at radius 2 is 1.65 bits per heavy atom. The summed E-state index contributed by atoms with van der Waals surface area (Å²) in [5.74, 6) is 5.71. The highest BCUT2D eigenvalue weighted by Gasteiger charge is 2.10. The molecule has 0 heterocycles. The monoisotopic (exact) mass is 333 g/mol. The molecule has 3 nitrogen and oxygen atoms in total. The van der Waals surface area contributed by atoms with Crippen LogP contribution in [0.2, 0.25) is 0 Å². The zero-order valence-electron chi connectivity index (χ0n) is 11.8. The summed E-state index contributed by atoms with van der Waals surface area (Å²) in [5, 5.41) is 0. The number of nitrogens with zero attached hydrogens (tertiary/aromatic N) is 1. The van der Waals surface area contributed by atoms with E-state index in [-0.39, 0.29) is 6.04 Å². The molecule has 3 N–H and O–H groups in total. The van der Waals surface area contributed by atoms with Crippen LogP contribution in [0.4, 0.5) is 5.69 Å². The van der Waals surface area contributed by atoms with E-state index >= 15 is 0 Å². The first-order chi connectivity index (χ1) is 9.60. The zero-order valence-corrected chi connectivity index (χ0v) is 13.4. The lowest BCUT2D eigenvalue weighted by atomic mass is 9.99. The molecule has 0 aromatic heterocycles. The molecule has 0 aliphatic carbocycles. The van der Waals surface area contributed by atoms with Gasteiger partial charge in [0.2, 0.25) is 0 Å². The third-order valence-corrected chi connectivity index (χ3v) is 3.89. The molecule has 0 amide bonds. The summed E-state index contributed by atoms with van der Waals surface area (Å²) >= 11 is 3.45. The maximum Gasteiger partial charge on any atom is 0.0500 e. The number of anilines is 1. The fraction of sp³-hybridized carbons (Fsp3) is 0.250. The molecular weight excluding hydrogens is 314 g/mol. The Bertz CT molecular complexity index is 535. The van der Waals surface area contributed by atoms with Crippen LogP contribution in [0, 0.1) is 0 Å². The first-order valence-corrected chi connectivity index (χ1v) is 7.37. The van der Waals surface area contributed by atoms with Gasteiger partial charge in [-0.2, -0.15) is 0 Å². The van der Waals surface area contributed by atoms with Gasteiger partial charge in [0, 0.05) is 30.3 Å². The second-order valence-electron chi connectivity index (χ2n) is 5.04. The highest BCUT2D eigenvalue weighted by atomic mass is 79.9. The van der Waals surface area contributed by atoms with Crippen molar-refractivity contribution in [2.45, 2.75) is 12.5 Å². The Kier molecular flexibility index (Phi) is 5.17. The summed E-state index contributed by atoms with van der Waals surface area (Å²) in [7, 11) is 4.07. The van der Waals surface area contributed by atoms with Crippen molar-refractivity contribution in [2.75, 3.05) is 19.0 Å². The topological polar surface area (TPSA) is 41.3 Å². The van der Waals surface area contributed by atoms with Crippen molar-refractivity contribution < 1.29 is 0 Å². The molecule has 2 aromatic carbocycles. The maximum absolute atomic E-state index is 5.71. The van der Waals surface area contributed by atoms with E-state index in [9.17, 15) is 0 Å². The van der Waals surface area contributed by atoms with Gasteiger partial charge in [0.25, 0.3) is 0 Å². The maximum atomic E-state index is 5.71. The van der Waals surface area contributed by atoms with E-state index in [0.29, 0.717) is 0 Å². The molecule has 1 atom stereocenters. The van der Waals surface area contributed by atoms with Crippen LogP contribution in [-0.4, -0.2) is 14.1 Å². The molecule has 0 saturated heterocycles. The zero-order chi connectivity index (χ0) is 14.5. The lowest BCUT2D eigenvalue weighted by Crippen LogP contribution is -2.29. The number of hydrogen-bond donors (Lipinski definition) is 2. The van der Waals surface area contributed by atoms with Gasteiger partial charge in [-0.3, -0.25) is 11.3 Å². The Morgan fingerprint density at radius 1 is 1.05 bits per heavy atom. The van der Waals surface area contributed by atoms with Crippen molar-refractivity contribution in [1.29, 1.82) is 0 Å². The molecule has 0 radical (unpaired) electrons. The Balaban J connectivity index is 2.13. The molecule has 0 aliphatic rings. The third kappa shape index (κ3) is 3.82. The number of halogens is 1. The molecule has 0 aliphatic heterocycles. The lowest BCUT2D eigenvalue weighted by molar-refractivity contribution is 0.552. The van der Waals surface area contributed by atoms with E-state index < -0.39 is 0 Å². The third-order valence-electron chi connectivity index (χ3n) is 3.37. The molecule has 2 rings (SSSR count). The number of hydrazine groups is 1.